The second-order valence-corrected chi connectivity index (χ2v) is 7.02. The number of primary amides is 1. The molecular formula is C15H20N2O3S. The average molecular weight is 308 g/mol. The van der Waals surface area contributed by atoms with Crippen molar-refractivity contribution in [3.8, 4) is 0 Å². The molecule has 0 unspecified atom stereocenters. The third kappa shape index (κ3) is 2.82. The molecule has 1 aliphatic heterocycles. The number of anilines is 1. The smallest absolute Gasteiger partial charge is 0.254 e. The predicted octanol–water partition coefficient (Wildman–Crippen LogP) is 2.09. The number of nitrogens with one attached hydrogen (secondary N) is 1. The molecule has 5 nitrogen and oxygen atoms in total. The van der Waals surface area contributed by atoms with Crippen molar-refractivity contribution in [2.45, 2.75) is 45.1 Å². The molecule has 0 bridgehead atoms. The van der Waals surface area contributed by atoms with Gasteiger partial charge in [0, 0.05) is 11.5 Å². The van der Waals surface area contributed by atoms with Crippen LogP contribution in [-0.2, 0) is 22.4 Å². The molecule has 1 aliphatic carbocycles. The van der Waals surface area contributed by atoms with E-state index in [0.29, 0.717) is 23.1 Å². The van der Waals surface area contributed by atoms with Crippen LogP contribution in [0, 0.1) is 5.92 Å². The van der Waals surface area contributed by atoms with Crippen molar-refractivity contribution in [2.24, 2.45) is 11.7 Å². The van der Waals surface area contributed by atoms with E-state index in [4.69, 9.17) is 10.5 Å². The summed E-state index contributed by atoms with van der Waals surface area (Å²) >= 11 is 1.49. The molecule has 1 fully saturated rings. The van der Waals surface area contributed by atoms with Crippen LogP contribution in [0.2, 0.25) is 0 Å². The van der Waals surface area contributed by atoms with Gasteiger partial charge in [-0.05, 0) is 43.6 Å². The number of ether oxygens (including phenoxy) is 1. The number of nitrogens with two attached hydrogens (primary N) is 1. The van der Waals surface area contributed by atoms with Gasteiger partial charge in [-0.1, -0.05) is 6.92 Å². The molecule has 0 aromatic carbocycles. The van der Waals surface area contributed by atoms with Gasteiger partial charge in [-0.15, -0.1) is 11.3 Å². The fourth-order valence-electron chi connectivity index (χ4n) is 3.08. The van der Waals surface area contributed by atoms with Gasteiger partial charge in [0.15, 0.2) is 0 Å². The minimum absolute atomic E-state index is 0.165. The summed E-state index contributed by atoms with van der Waals surface area (Å²) in [5.41, 5.74) is 7.08. The third-order valence-electron chi connectivity index (χ3n) is 4.22. The van der Waals surface area contributed by atoms with E-state index in [1.807, 2.05) is 0 Å². The number of hydrogen-bond donors (Lipinski definition) is 2. The maximum atomic E-state index is 12.2. The topological polar surface area (TPSA) is 81.4 Å². The summed E-state index contributed by atoms with van der Waals surface area (Å²) in [6.45, 7) is 2.83. The molecule has 3 rings (SSSR count). The zero-order valence-electron chi connectivity index (χ0n) is 12.1. The molecule has 2 atom stereocenters. The Balaban J connectivity index is 1.87. The highest BCUT2D eigenvalue weighted by atomic mass is 32.1. The van der Waals surface area contributed by atoms with Gasteiger partial charge >= 0.3 is 0 Å². The van der Waals surface area contributed by atoms with Crippen LogP contribution in [0.3, 0.4) is 0 Å². The fourth-order valence-corrected chi connectivity index (χ4v) is 4.50. The Labute approximate surface area is 127 Å². The molecule has 6 heteroatoms. The SMILES string of the molecule is C[C@@H]1CCc2c(sc(NC(=O)[C@@H]3CCCO3)c2C(N)=O)C1. The molecular weight excluding hydrogens is 288 g/mol. The van der Waals surface area contributed by atoms with Crippen LogP contribution < -0.4 is 11.1 Å². The van der Waals surface area contributed by atoms with Crippen LogP contribution in [0.1, 0.15) is 47.0 Å². The van der Waals surface area contributed by atoms with Crippen LogP contribution in [-0.4, -0.2) is 24.5 Å². The van der Waals surface area contributed by atoms with Gasteiger partial charge in [0.1, 0.15) is 11.1 Å². The standard InChI is InChI=1S/C15H20N2O3S/c1-8-4-5-9-11(7-8)21-15(12(9)13(16)18)17-14(19)10-3-2-6-20-10/h8,10H,2-7H2,1H3,(H2,16,18)(H,17,19)/t8-,10+/m1/s1. The van der Waals surface area contributed by atoms with Crippen LogP contribution in [0.25, 0.3) is 0 Å². The van der Waals surface area contributed by atoms with E-state index in [1.165, 1.54) is 16.2 Å². The number of amides is 2. The van der Waals surface area contributed by atoms with Gasteiger partial charge < -0.3 is 15.8 Å². The first kappa shape index (κ1) is 14.5. The molecule has 2 amide bonds. The largest absolute Gasteiger partial charge is 0.368 e. The molecule has 1 aromatic rings. The van der Waals surface area contributed by atoms with Crippen molar-refractivity contribution in [3.05, 3.63) is 16.0 Å². The normalized spacial score (nSPS) is 24.6. The van der Waals surface area contributed by atoms with Gasteiger partial charge in [-0.3, -0.25) is 9.59 Å². The molecule has 0 radical (unpaired) electrons. The molecule has 3 N–H and O–H groups in total. The van der Waals surface area contributed by atoms with Crippen molar-refractivity contribution in [1.82, 2.24) is 0 Å². The van der Waals surface area contributed by atoms with E-state index in [0.717, 1.165) is 37.7 Å². The number of thiophene rings is 1. The Morgan fingerprint density at radius 2 is 2.19 bits per heavy atom. The van der Waals surface area contributed by atoms with Gasteiger partial charge in [-0.2, -0.15) is 0 Å². The lowest BCUT2D eigenvalue weighted by atomic mass is 9.88. The van der Waals surface area contributed by atoms with Gasteiger partial charge in [0.2, 0.25) is 0 Å². The minimum Gasteiger partial charge on any atom is -0.368 e. The van der Waals surface area contributed by atoms with E-state index in [-0.39, 0.29) is 5.91 Å². The van der Waals surface area contributed by atoms with E-state index in [1.54, 1.807) is 0 Å². The summed E-state index contributed by atoms with van der Waals surface area (Å²) in [6.07, 6.45) is 4.11. The first-order valence-electron chi connectivity index (χ1n) is 7.43. The van der Waals surface area contributed by atoms with Crippen LogP contribution in [0.4, 0.5) is 5.00 Å². The lowest BCUT2D eigenvalue weighted by Gasteiger charge is -2.18. The zero-order chi connectivity index (χ0) is 15.0. The maximum absolute atomic E-state index is 12.2. The number of hydrogen-bond acceptors (Lipinski definition) is 4. The van der Waals surface area contributed by atoms with Crippen molar-refractivity contribution in [1.29, 1.82) is 0 Å². The summed E-state index contributed by atoms with van der Waals surface area (Å²) in [5.74, 6) is -0.00932. The zero-order valence-corrected chi connectivity index (χ0v) is 12.9. The van der Waals surface area contributed by atoms with E-state index in [9.17, 15) is 9.59 Å². The first-order chi connectivity index (χ1) is 10.1. The van der Waals surface area contributed by atoms with Gasteiger partial charge in [0.25, 0.3) is 11.8 Å². The fraction of sp³-hybridized carbons (Fsp3) is 0.600. The molecule has 0 saturated carbocycles. The Morgan fingerprint density at radius 1 is 1.38 bits per heavy atom. The molecule has 0 spiro atoms. The Hall–Kier alpha value is -1.40. The Morgan fingerprint density at radius 3 is 2.86 bits per heavy atom. The van der Waals surface area contributed by atoms with Gasteiger partial charge in [-0.25, -0.2) is 0 Å². The first-order valence-corrected chi connectivity index (χ1v) is 8.24. The number of carbonyl (C=O) groups is 2. The van der Waals surface area contributed by atoms with Crippen LogP contribution in [0.5, 0.6) is 0 Å². The second-order valence-electron chi connectivity index (χ2n) is 5.91. The minimum atomic E-state index is -0.454. The molecule has 2 heterocycles. The monoisotopic (exact) mass is 308 g/mol. The van der Waals surface area contributed by atoms with E-state index >= 15 is 0 Å². The number of carbonyl (C=O) groups excluding carboxylic acids is 2. The van der Waals surface area contributed by atoms with Crippen molar-refractivity contribution >= 4 is 28.2 Å². The van der Waals surface area contributed by atoms with Crippen LogP contribution >= 0.6 is 11.3 Å². The maximum Gasteiger partial charge on any atom is 0.254 e. The number of rotatable bonds is 3. The summed E-state index contributed by atoms with van der Waals surface area (Å²) in [6, 6.07) is 0. The predicted molar refractivity (Wildman–Crippen MR) is 81.6 cm³/mol. The van der Waals surface area contributed by atoms with Gasteiger partial charge in [0.05, 0.1) is 5.56 Å². The third-order valence-corrected chi connectivity index (χ3v) is 5.39. The average Bonchev–Trinajstić information content (AvgIpc) is 3.04. The van der Waals surface area contributed by atoms with Crippen molar-refractivity contribution in [2.75, 3.05) is 11.9 Å². The lowest BCUT2D eigenvalue weighted by Crippen LogP contribution is -2.27. The summed E-state index contributed by atoms with van der Waals surface area (Å²) < 4.78 is 5.38. The summed E-state index contributed by atoms with van der Waals surface area (Å²) in [4.78, 5) is 25.2. The molecule has 21 heavy (non-hydrogen) atoms. The quantitative estimate of drug-likeness (QED) is 0.897. The highest BCUT2D eigenvalue weighted by Crippen LogP contribution is 2.39. The number of fused-ring (bicyclic) bond motifs is 1. The van der Waals surface area contributed by atoms with Crippen molar-refractivity contribution < 1.29 is 14.3 Å². The Bertz CT molecular complexity index is 576. The van der Waals surface area contributed by atoms with E-state index < -0.39 is 12.0 Å². The Kier molecular flexibility index (Phi) is 3.99. The molecule has 114 valence electrons. The molecule has 1 aromatic heterocycles. The highest BCUT2D eigenvalue weighted by Gasteiger charge is 2.29. The molecule has 1 saturated heterocycles. The molecule has 2 aliphatic rings. The van der Waals surface area contributed by atoms with Crippen LogP contribution in [0.15, 0.2) is 0 Å². The second kappa shape index (κ2) is 5.77. The summed E-state index contributed by atoms with van der Waals surface area (Å²) in [7, 11) is 0. The highest BCUT2D eigenvalue weighted by molar-refractivity contribution is 7.17. The summed E-state index contributed by atoms with van der Waals surface area (Å²) in [5, 5.41) is 3.46. The van der Waals surface area contributed by atoms with E-state index in [2.05, 4.69) is 12.2 Å². The van der Waals surface area contributed by atoms with Crippen molar-refractivity contribution in [3.63, 3.8) is 0 Å². The lowest BCUT2D eigenvalue weighted by molar-refractivity contribution is -0.124.